The molecule has 0 radical (unpaired) electrons. The van der Waals surface area contributed by atoms with E-state index in [1.54, 1.807) is 13.8 Å². The zero-order chi connectivity index (χ0) is 22.0. The second kappa shape index (κ2) is 12.6. The number of aliphatic hydroxyl groups excluding tert-OH is 1. The number of nitrogens with two attached hydrogens (primary N) is 1. The lowest BCUT2D eigenvalue weighted by Gasteiger charge is -2.26. The maximum absolute atomic E-state index is 12.6. The predicted octanol–water partition coefficient (Wildman–Crippen LogP) is -1.52. The van der Waals surface area contributed by atoms with E-state index in [0.717, 1.165) is 0 Å². The van der Waals surface area contributed by atoms with E-state index < -0.39 is 54.5 Å². The second-order valence-electron chi connectivity index (χ2n) is 7.29. The van der Waals surface area contributed by atoms with Gasteiger partial charge in [-0.25, -0.2) is 4.79 Å². The fraction of sp³-hybridized carbons (Fsp3) is 0.765. The van der Waals surface area contributed by atoms with Crippen LogP contribution in [0.25, 0.3) is 0 Å². The lowest BCUT2D eigenvalue weighted by molar-refractivity contribution is -0.143. The smallest absolute Gasteiger partial charge is 0.326 e. The predicted molar refractivity (Wildman–Crippen MR) is 107 cm³/mol. The number of thiol groups is 1. The summed E-state index contributed by atoms with van der Waals surface area (Å²) in [6.45, 7) is 6.43. The molecule has 0 saturated carbocycles. The van der Waals surface area contributed by atoms with Crippen LogP contribution in [-0.4, -0.2) is 70.4 Å². The normalized spacial score (nSPS) is 15.5. The van der Waals surface area contributed by atoms with Crippen molar-refractivity contribution in [3.05, 3.63) is 0 Å². The van der Waals surface area contributed by atoms with Crippen LogP contribution >= 0.6 is 12.6 Å². The van der Waals surface area contributed by atoms with Gasteiger partial charge in [-0.3, -0.25) is 14.4 Å². The van der Waals surface area contributed by atoms with E-state index >= 15 is 0 Å². The molecule has 0 aliphatic heterocycles. The van der Waals surface area contributed by atoms with Gasteiger partial charge in [0.05, 0.1) is 6.61 Å². The van der Waals surface area contributed by atoms with E-state index in [4.69, 9.17) is 10.8 Å². The number of hydrogen-bond acceptors (Lipinski definition) is 7. The molecule has 162 valence electrons. The molecule has 4 unspecified atom stereocenters. The summed E-state index contributed by atoms with van der Waals surface area (Å²) in [5, 5.41) is 25.5. The fourth-order valence-electron chi connectivity index (χ4n) is 2.30. The largest absolute Gasteiger partial charge is 0.480 e. The Kier molecular flexibility index (Phi) is 11.7. The molecule has 3 amide bonds. The van der Waals surface area contributed by atoms with Crippen LogP contribution in [0.15, 0.2) is 0 Å². The number of carboxylic acids is 1. The van der Waals surface area contributed by atoms with Crippen molar-refractivity contribution in [3.63, 3.8) is 0 Å². The molecular formula is C17H32N4O6S. The summed E-state index contributed by atoms with van der Waals surface area (Å²) >= 11 is 4.02. The number of aliphatic carboxylic acids is 1. The zero-order valence-electron chi connectivity index (χ0n) is 16.6. The minimum absolute atomic E-state index is 0.0326. The highest BCUT2D eigenvalue weighted by Crippen LogP contribution is 2.08. The number of aliphatic hydroxyl groups is 1. The van der Waals surface area contributed by atoms with Gasteiger partial charge >= 0.3 is 5.97 Å². The van der Waals surface area contributed by atoms with Gasteiger partial charge in [0.1, 0.15) is 24.2 Å². The molecule has 0 rings (SSSR count). The van der Waals surface area contributed by atoms with Gasteiger partial charge in [0.2, 0.25) is 17.7 Å². The zero-order valence-corrected chi connectivity index (χ0v) is 17.5. The first-order valence-corrected chi connectivity index (χ1v) is 9.68. The molecule has 10 nitrogen and oxygen atoms in total. The van der Waals surface area contributed by atoms with Crippen molar-refractivity contribution in [1.29, 1.82) is 0 Å². The van der Waals surface area contributed by atoms with Crippen LogP contribution in [0.2, 0.25) is 0 Å². The second-order valence-corrected chi connectivity index (χ2v) is 7.66. The Morgan fingerprint density at radius 2 is 1.43 bits per heavy atom. The van der Waals surface area contributed by atoms with Crippen LogP contribution in [0, 0.1) is 11.8 Å². The number of carboxylic acid groups (broad SMARTS) is 1. The monoisotopic (exact) mass is 420 g/mol. The summed E-state index contributed by atoms with van der Waals surface area (Å²) in [7, 11) is 0. The van der Waals surface area contributed by atoms with E-state index in [-0.39, 0.29) is 24.0 Å². The molecule has 0 fully saturated rings. The summed E-state index contributed by atoms with van der Waals surface area (Å²) in [6, 6.07) is -4.34. The van der Waals surface area contributed by atoms with Crippen molar-refractivity contribution in [2.24, 2.45) is 17.6 Å². The molecule has 7 N–H and O–H groups in total. The maximum Gasteiger partial charge on any atom is 0.326 e. The van der Waals surface area contributed by atoms with Crippen LogP contribution < -0.4 is 21.7 Å². The van der Waals surface area contributed by atoms with Crippen molar-refractivity contribution in [1.82, 2.24) is 16.0 Å². The molecule has 0 aromatic carbocycles. The first-order chi connectivity index (χ1) is 12.9. The van der Waals surface area contributed by atoms with Crippen molar-refractivity contribution in [2.75, 3.05) is 12.4 Å². The first-order valence-electron chi connectivity index (χ1n) is 9.05. The Morgan fingerprint density at radius 3 is 1.82 bits per heavy atom. The summed E-state index contributed by atoms with van der Waals surface area (Å²) in [5.41, 5.74) is 5.41. The van der Waals surface area contributed by atoms with Gasteiger partial charge in [-0.1, -0.05) is 27.7 Å². The minimum atomic E-state index is -1.19. The number of amides is 3. The van der Waals surface area contributed by atoms with Crippen LogP contribution in [-0.2, 0) is 19.2 Å². The number of hydrogen-bond donors (Lipinski definition) is 7. The van der Waals surface area contributed by atoms with Gasteiger partial charge in [-0.2, -0.15) is 12.6 Å². The third-order valence-electron chi connectivity index (χ3n) is 3.92. The van der Waals surface area contributed by atoms with Crippen molar-refractivity contribution in [2.45, 2.75) is 58.3 Å². The first kappa shape index (κ1) is 26.1. The molecule has 4 atom stereocenters. The van der Waals surface area contributed by atoms with Gasteiger partial charge in [0.15, 0.2) is 0 Å². The number of carbonyl (C=O) groups excluding carboxylic acids is 3. The number of carbonyl (C=O) groups is 4. The molecule has 28 heavy (non-hydrogen) atoms. The molecule has 0 aromatic rings. The summed E-state index contributed by atoms with van der Waals surface area (Å²) in [4.78, 5) is 48.2. The molecule has 0 aromatic heterocycles. The van der Waals surface area contributed by atoms with Crippen molar-refractivity contribution >= 4 is 36.3 Å². The fourth-order valence-corrected chi connectivity index (χ4v) is 2.56. The highest BCUT2D eigenvalue weighted by atomic mass is 32.1. The molecule has 0 aliphatic carbocycles. The summed E-state index contributed by atoms with van der Waals surface area (Å²) in [6.07, 6.45) is 0.269. The van der Waals surface area contributed by atoms with Gasteiger partial charge < -0.3 is 31.9 Å². The van der Waals surface area contributed by atoms with E-state index in [0.29, 0.717) is 0 Å². The van der Waals surface area contributed by atoms with Crippen molar-refractivity contribution in [3.8, 4) is 0 Å². The Balaban J connectivity index is 5.24. The van der Waals surface area contributed by atoms with E-state index in [9.17, 15) is 24.3 Å². The lowest BCUT2D eigenvalue weighted by atomic mass is 10.00. The van der Waals surface area contributed by atoms with Gasteiger partial charge in [0.25, 0.3) is 0 Å². The molecule has 0 saturated heterocycles. The van der Waals surface area contributed by atoms with Crippen LogP contribution in [0.1, 0.15) is 34.1 Å². The Bertz CT molecular complexity index is 558. The van der Waals surface area contributed by atoms with Gasteiger partial charge in [0, 0.05) is 5.75 Å². The Labute approximate surface area is 170 Å². The van der Waals surface area contributed by atoms with Gasteiger partial charge in [-0.15, -0.1) is 0 Å². The highest BCUT2D eigenvalue weighted by Gasteiger charge is 2.31. The molecule has 0 heterocycles. The average molecular weight is 421 g/mol. The van der Waals surface area contributed by atoms with Crippen LogP contribution in [0.5, 0.6) is 0 Å². The van der Waals surface area contributed by atoms with Crippen LogP contribution in [0.4, 0.5) is 0 Å². The Hall–Kier alpha value is -1.85. The Morgan fingerprint density at radius 1 is 0.929 bits per heavy atom. The average Bonchev–Trinajstić information content (AvgIpc) is 2.61. The topological polar surface area (TPSA) is 171 Å². The highest BCUT2D eigenvalue weighted by molar-refractivity contribution is 7.80. The minimum Gasteiger partial charge on any atom is -0.480 e. The van der Waals surface area contributed by atoms with Gasteiger partial charge in [-0.05, 0) is 18.3 Å². The summed E-state index contributed by atoms with van der Waals surface area (Å²) < 4.78 is 0. The number of rotatable bonds is 12. The maximum atomic E-state index is 12.6. The SMILES string of the molecule is CC(C)CC(NC(=O)C(CS)NC(=O)C(N)CO)C(=O)NC(C(=O)O)C(C)C. The summed E-state index contributed by atoms with van der Waals surface area (Å²) in [5.74, 6) is -3.56. The van der Waals surface area contributed by atoms with Crippen LogP contribution in [0.3, 0.4) is 0 Å². The molecule has 0 aliphatic rings. The number of nitrogens with one attached hydrogen (secondary N) is 3. The molecular weight excluding hydrogens is 388 g/mol. The van der Waals surface area contributed by atoms with E-state index in [1.807, 2.05) is 13.8 Å². The third kappa shape index (κ3) is 8.89. The van der Waals surface area contributed by atoms with Crippen molar-refractivity contribution < 1.29 is 29.4 Å². The lowest BCUT2D eigenvalue weighted by Crippen LogP contribution is -2.58. The standard InChI is InChI=1S/C17H32N4O6S/c1-8(2)5-11(15(24)21-13(9(3)4)17(26)27)19-16(25)12(7-28)20-14(23)10(18)6-22/h8-13,22,28H,5-7,18H2,1-4H3,(H,19,25)(H,20,23)(H,21,24)(H,26,27). The quantitative estimate of drug-likeness (QED) is 0.188. The molecule has 11 heteroatoms. The molecule has 0 bridgehead atoms. The molecule has 0 spiro atoms. The van der Waals surface area contributed by atoms with E-state index in [1.165, 1.54) is 0 Å². The third-order valence-corrected chi connectivity index (χ3v) is 4.28. The van der Waals surface area contributed by atoms with E-state index in [2.05, 4.69) is 28.6 Å².